The predicted octanol–water partition coefficient (Wildman–Crippen LogP) is 1.44. The van der Waals surface area contributed by atoms with Crippen LogP contribution >= 0.6 is 12.4 Å². The lowest BCUT2D eigenvalue weighted by molar-refractivity contribution is -0.125. The largest absolute Gasteiger partial charge is 0.370 e. The van der Waals surface area contributed by atoms with E-state index in [1.807, 2.05) is 0 Å². The zero-order valence-corrected chi connectivity index (χ0v) is 10.2. The Morgan fingerprint density at radius 3 is 2.28 bits per heavy atom. The van der Waals surface area contributed by atoms with Gasteiger partial charge in [0.2, 0.25) is 0 Å². The highest BCUT2D eigenvalue weighted by Gasteiger charge is 2.17. The molecule has 0 aliphatic heterocycles. The summed E-state index contributed by atoms with van der Waals surface area (Å²) < 4.78 is 43.0. The number of nitrogens with one attached hydrogen (secondary N) is 1. The van der Waals surface area contributed by atoms with E-state index in [1.54, 1.807) is 0 Å². The SMILES string of the molecule is COC(CN)C(=O)Nc1cc(F)c(F)c(F)c1.Cl. The van der Waals surface area contributed by atoms with Gasteiger partial charge in [0.05, 0.1) is 0 Å². The lowest BCUT2D eigenvalue weighted by Gasteiger charge is -2.13. The monoisotopic (exact) mass is 284 g/mol. The van der Waals surface area contributed by atoms with E-state index in [0.717, 1.165) is 0 Å². The van der Waals surface area contributed by atoms with Crippen LogP contribution < -0.4 is 11.1 Å². The zero-order valence-electron chi connectivity index (χ0n) is 9.38. The lowest BCUT2D eigenvalue weighted by Crippen LogP contribution is -2.35. The minimum absolute atomic E-state index is 0. The molecule has 8 heteroatoms. The van der Waals surface area contributed by atoms with Gasteiger partial charge in [-0.2, -0.15) is 0 Å². The first kappa shape index (κ1) is 16.7. The summed E-state index contributed by atoms with van der Waals surface area (Å²) in [6.07, 6.45) is -0.939. The van der Waals surface area contributed by atoms with Crippen LogP contribution in [-0.4, -0.2) is 25.7 Å². The van der Waals surface area contributed by atoms with Crippen molar-refractivity contribution in [2.45, 2.75) is 6.10 Å². The van der Waals surface area contributed by atoms with Gasteiger partial charge in [0, 0.05) is 31.5 Å². The van der Waals surface area contributed by atoms with Crippen molar-refractivity contribution in [1.29, 1.82) is 0 Å². The summed E-state index contributed by atoms with van der Waals surface area (Å²) in [6, 6.07) is 1.33. The molecular weight excluding hydrogens is 273 g/mol. The van der Waals surface area contributed by atoms with Crippen LogP contribution in [0.3, 0.4) is 0 Å². The summed E-state index contributed by atoms with van der Waals surface area (Å²) in [5.41, 5.74) is 5.02. The average Bonchev–Trinajstić information content (AvgIpc) is 2.27. The summed E-state index contributed by atoms with van der Waals surface area (Å²) in [6.45, 7) is -0.0888. The van der Waals surface area contributed by atoms with Gasteiger partial charge in [0.15, 0.2) is 17.5 Å². The van der Waals surface area contributed by atoms with Crippen LogP contribution in [0.25, 0.3) is 0 Å². The highest BCUT2D eigenvalue weighted by atomic mass is 35.5. The van der Waals surface area contributed by atoms with Gasteiger partial charge in [-0.1, -0.05) is 0 Å². The van der Waals surface area contributed by atoms with Crippen molar-refractivity contribution >= 4 is 24.0 Å². The molecule has 0 saturated carbocycles. The van der Waals surface area contributed by atoms with Gasteiger partial charge in [-0.3, -0.25) is 4.79 Å². The van der Waals surface area contributed by atoms with E-state index >= 15 is 0 Å². The molecule has 1 aromatic rings. The molecule has 18 heavy (non-hydrogen) atoms. The van der Waals surface area contributed by atoms with E-state index < -0.39 is 29.5 Å². The molecule has 1 aromatic carbocycles. The van der Waals surface area contributed by atoms with Crippen molar-refractivity contribution in [3.05, 3.63) is 29.6 Å². The molecule has 3 N–H and O–H groups in total. The number of hydrogen-bond acceptors (Lipinski definition) is 3. The molecule has 102 valence electrons. The van der Waals surface area contributed by atoms with Crippen LogP contribution in [0.2, 0.25) is 0 Å². The average molecular weight is 285 g/mol. The highest BCUT2D eigenvalue weighted by Crippen LogP contribution is 2.17. The number of nitrogens with two attached hydrogens (primary N) is 1. The number of anilines is 1. The fourth-order valence-corrected chi connectivity index (χ4v) is 1.16. The molecule has 4 nitrogen and oxygen atoms in total. The number of methoxy groups -OCH3 is 1. The Kier molecular flexibility index (Phi) is 6.67. The third kappa shape index (κ3) is 3.86. The standard InChI is InChI=1S/C10H11F3N2O2.ClH/c1-17-8(4-14)10(16)15-5-2-6(11)9(13)7(12)3-5;/h2-3,8H,4,14H2,1H3,(H,15,16);1H. The van der Waals surface area contributed by atoms with E-state index in [9.17, 15) is 18.0 Å². The first-order valence-electron chi connectivity index (χ1n) is 4.67. The number of ether oxygens (including phenoxy) is 1. The molecule has 0 aliphatic rings. The molecule has 1 rings (SSSR count). The van der Waals surface area contributed by atoms with Crippen LogP contribution in [-0.2, 0) is 9.53 Å². The van der Waals surface area contributed by atoms with Crippen LogP contribution in [0.1, 0.15) is 0 Å². The molecule has 0 aliphatic carbocycles. The number of hydrogen-bond donors (Lipinski definition) is 2. The van der Waals surface area contributed by atoms with Gasteiger partial charge >= 0.3 is 0 Å². The Labute approximate surface area is 108 Å². The van der Waals surface area contributed by atoms with E-state index in [1.165, 1.54) is 7.11 Å². The smallest absolute Gasteiger partial charge is 0.254 e. The Morgan fingerprint density at radius 1 is 1.39 bits per heavy atom. The van der Waals surface area contributed by atoms with Gasteiger partial charge in [-0.25, -0.2) is 13.2 Å². The molecule has 1 unspecified atom stereocenters. The maximum absolute atomic E-state index is 12.8. The van der Waals surface area contributed by atoms with Gasteiger partial charge in [0.25, 0.3) is 5.91 Å². The molecule has 1 atom stereocenters. The van der Waals surface area contributed by atoms with Crippen LogP contribution in [0.4, 0.5) is 18.9 Å². The quantitative estimate of drug-likeness (QED) is 0.822. The van der Waals surface area contributed by atoms with Gasteiger partial charge in [-0.15, -0.1) is 12.4 Å². The Morgan fingerprint density at radius 2 is 1.89 bits per heavy atom. The molecule has 0 heterocycles. The summed E-state index contributed by atoms with van der Waals surface area (Å²) >= 11 is 0. The molecular formula is C10H12ClF3N2O2. The summed E-state index contributed by atoms with van der Waals surface area (Å²) in [7, 11) is 1.27. The number of carbonyl (C=O) groups excluding carboxylic acids is 1. The third-order valence-electron chi connectivity index (χ3n) is 2.04. The number of benzene rings is 1. The van der Waals surface area contributed by atoms with Crippen LogP contribution in [0.15, 0.2) is 12.1 Å². The van der Waals surface area contributed by atoms with Crippen molar-refractivity contribution in [2.24, 2.45) is 5.73 Å². The number of halogens is 4. The van der Waals surface area contributed by atoms with E-state index in [0.29, 0.717) is 12.1 Å². The van der Waals surface area contributed by atoms with Crippen molar-refractivity contribution in [2.75, 3.05) is 19.0 Å². The third-order valence-corrected chi connectivity index (χ3v) is 2.04. The van der Waals surface area contributed by atoms with E-state index in [-0.39, 0.29) is 24.6 Å². The first-order valence-corrected chi connectivity index (χ1v) is 4.67. The van der Waals surface area contributed by atoms with Crippen molar-refractivity contribution in [3.63, 3.8) is 0 Å². The molecule has 0 bridgehead atoms. The Hall–Kier alpha value is -1.31. The number of amides is 1. The van der Waals surface area contributed by atoms with Gasteiger partial charge < -0.3 is 15.8 Å². The Balaban J connectivity index is 0.00000289. The zero-order chi connectivity index (χ0) is 13.0. The van der Waals surface area contributed by atoms with E-state index in [2.05, 4.69) is 5.32 Å². The van der Waals surface area contributed by atoms with Crippen LogP contribution in [0, 0.1) is 17.5 Å². The molecule has 0 spiro atoms. The molecule has 1 amide bonds. The van der Waals surface area contributed by atoms with Crippen LogP contribution in [0.5, 0.6) is 0 Å². The fourth-order valence-electron chi connectivity index (χ4n) is 1.16. The number of rotatable bonds is 4. The predicted molar refractivity (Wildman–Crippen MR) is 62.0 cm³/mol. The van der Waals surface area contributed by atoms with Gasteiger partial charge in [-0.05, 0) is 0 Å². The molecule has 0 fully saturated rings. The minimum atomic E-state index is -1.59. The second kappa shape index (κ2) is 7.20. The summed E-state index contributed by atoms with van der Waals surface area (Å²) in [5, 5.41) is 2.16. The van der Waals surface area contributed by atoms with Crippen molar-refractivity contribution in [3.8, 4) is 0 Å². The highest BCUT2D eigenvalue weighted by molar-refractivity contribution is 5.94. The number of carbonyl (C=O) groups is 1. The second-order valence-electron chi connectivity index (χ2n) is 3.20. The van der Waals surface area contributed by atoms with Crippen molar-refractivity contribution in [1.82, 2.24) is 0 Å². The summed E-state index contributed by atoms with van der Waals surface area (Å²) in [4.78, 5) is 11.4. The maximum atomic E-state index is 12.8. The fraction of sp³-hybridized carbons (Fsp3) is 0.300. The van der Waals surface area contributed by atoms with Gasteiger partial charge in [0.1, 0.15) is 6.10 Å². The molecule has 0 radical (unpaired) electrons. The second-order valence-corrected chi connectivity index (χ2v) is 3.20. The molecule has 0 aromatic heterocycles. The maximum Gasteiger partial charge on any atom is 0.254 e. The molecule has 0 saturated heterocycles. The summed E-state index contributed by atoms with van der Waals surface area (Å²) in [5.74, 6) is -5.03. The minimum Gasteiger partial charge on any atom is -0.370 e. The topological polar surface area (TPSA) is 64.3 Å². The Bertz CT molecular complexity index is 405. The van der Waals surface area contributed by atoms with Crippen molar-refractivity contribution < 1.29 is 22.7 Å². The van der Waals surface area contributed by atoms with E-state index in [4.69, 9.17) is 10.5 Å². The normalized spacial score (nSPS) is 11.6. The first-order chi connectivity index (χ1) is 7.99. The lowest BCUT2D eigenvalue weighted by atomic mass is 10.2.